The van der Waals surface area contributed by atoms with E-state index in [9.17, 15) is 14.0 Å². The molecule has 5 nitrogen and oxygen atoms in total. The van der Waals surface area contributed by atoms with Crippen LogP contribution < -0.4 is 10.1 Å². The van der Waals surface area contributed by atoms with Crippen molar-refractivity contribution >= 4 is 17.6 Å². The number of benzene rings is 3. The fourth-order valence-electron chi connectivity index (χ4n) is 4.39. The Kier molecular flexibility index (Phi) is 6.73. The normalized spacial score (nSPS) is 15.5. The van der Waals surface area contributed by atoms with Gasteiger partial charge in [-0.3, -0.25) is 9.59 Å². The molecule has 1 aliphatic carbocycles. The van der Waals surface area contributed by atoms with Gasteiger partial charge in [0.2, 0.25) is 6.10 Å². The number of hydrogen-bond donors (Lipinski definition) is 1. The van der Waals surface area contributed by atoms with Crippen molar-refractivity contribution in [3.8, 4) is 5.75 Å². The van der Waals surface area contributed by atoms with Crippen LogP contribution in [-0.4, -0.2) is 19.0 Å². The van der Waals surface area contributed by atoms with Gasteiger partial charge < -0.3 is 14.8 Å². The third-order valence-electron chi connectivity index (χ3n) is 6.15. The Bertz CT molecular complexity index is 1110. The molecule has 6 heteroatoms. The smallest absolute Gasteiger partial charge is 0.317 e. The summed E-state index contributed by atoms with van der Waals surface area (Å²) in [5, 5.41) is 2.83. The van der Waals surface area contributed by atoms with Gasteiger partial charge in [0.05, 0.1) is 12.5 Å². The Morgan fingerprint density at radius 1 is 0.939 bits per heavy atom. The van der Waals surface area contributed by atoms with Crippen LogP contribution in [0.15, 0.2) is 78.9 Å². The molecule has 0 unspecified atom stereocenters. The van der Waals surface area contributed by atoms with Crippen LogP contribution in [-0.2, 0) is 19.7 Å². The molecule has 0 saturated heterocycles. The number of carbonyl (C=O) groups excluding carboxylic acids is 2. The maximum absolute atomic E-state index is 13.6. The number of halogens is 1. The summed E-state index contributed by atoms with van der Waals surface area (Å²) in [4.78, 5) is 26.8. The topological polar surface area (TPSA) is 64.6 Å². The summed E-state index contributed by atoms with van der Waals surface area (Å²) in [6, 6.07) is 21.9. The van der Waals surface area contributed by atoms with Crippen LogP contribution in [0.4, 0.5) is 10.1 Å². The van der Waals surface area contributed by atoms with Crippen LogP contribution in [0.2, 0.25) is 0 Å². The Morgan fingerprint density at radius 2 is 1.64 bits per heavy atom. The molecule has 0 aliphatic heterocycles. The molecule has 3 aromatic rings. The zero-order valence-electron chi connectivity index (χ0n) is 18.4. The first-order chi connectivity index (χ1) is 16.0. The Labute approximate surface area is 192 Å². The van der Waals surface area contributed by atoms with E-state index in [0.29, 0.717) is 35.4 Å². The fourth-order valence-corrected chi connectivity index (χ4v) is 4.39. The van der Waals surface area contributed by atoms with Crippen molar-refractivity contribution < 1.29 is 23.5 Å². The van der Waals surface area contributed by atoms with Crippen molar-refractivity contribution in [2.75, 3.05) is 12.4 Å². The summed E-state index contributed by atoms with van der Waals surface area (Å²) in [5.74, 6) is -0.696. The van der Waals surface area contributed by atoms with Crippen molar-refractivity contribution in [3.63, 3.8) is 0 Å². The molecule has 1 amide bonds. The second-order valence-corrected chi connectivity index (χ2v) is 8.21. The lowest BCUT2D eigenvalue weighted by molar-refractivity contribution is -0.160. The number of carbonyl (C=O) groups is 2. The molecule has 1 aliphatic rings. The Morgan fingerprint density at radius 3 is 2.30 bits per heavy atom. The number of methoxy groups -OCH3 is 1. The molecule has 170 valence electrons. The number of rotatable bonds is 7. The molecular weight excluding hydrogens is 421 g/mol. The van der Waals surface area contributed by atoms with Gasteiger partial charge in [-0.2, -0.15) is 0 Å². The second-order valence-electron chi connectivity index (χ2n) is 8.21. The molecule has 0 heterocycles. The Balaban J connectivity index is 1.62. The quantitative estimate of drug-likeness (QED) is 0.481. The predicted molar refractivity (Wildman–Crippen MR) is 123 cm³/mol. The second kappa shape index (κ2) is 9.86. The van der Waals surface area contributed by atoms with Gasteiger partial charge in [-0.05, 0) is 42.7 Å². The first-order valence-electron chi connectivity index (χ1n) is 11.0. The molecule has 0 aromatic heterocycles. The van der Waals surface area contributed by atoms with Crippen molar-refractivity contribution in [2.24, 2.45) is 0 Å². The molecule has 0 spiro atoms. The number of anilines is 1. The predicted octanol–water partition coefficient (Wildman–Crippen LogP) is 5.57. The highest BCUT2D eigenvalue weighted by Crippen LogP contribution is 2.43. The van der Waals surface area contributed by atoms with Gasteiger partial charge in [0.25, 0.3) is 5.91 Å². The van der Waals surface area contributed by atoms with Crippen molar-refractivity contribution in [1.29, 1.82) is 0 Å². The van der Waals surface area contributed by atoms with Gasteiger partial charge >= 0.3 is 5.97 Å². The monoisotopic (exact) mass is 447 g/mol. The number of hydrogen-bond acceptors (Lipinski definition) is 4. The SMILES string of the molecule is COc1cccc(NC(=O)[C@@H](OC(=O)C2(c3ccc(F)cc3)CCCC2)c2ccccc2)c1. The average molecular weight is 448 g/mol. The lowest BCUT2D eigenvalue weighted by Gasteiger charge is -2.29. The van der Waals surface area contributed by atoms with Gasteiger partial charge in [0.15, 0.2) is 0 Å². The summed E-state index contributed by atoms with van der Waals surface area (Å²) in [7, 11) is 1.55. The lowest BCUT2D eigenvalue weighted by atomic mass is 9.79. The standard InChI is InChI=1S/C27H26FNO4/c1-32-23-11-7-10-22(18-23)29-25(30)24(19-8-3-2-4-9-19)33-26(31)27(16-5-6-17-27)20-12-14-21(28)15-13-20/h2-4,7-15,18,24H,5-6,16-17H2,1H3,(H,29,30)/t24-/m0/s1. The molecule has 1 saturated carbocycles. The summed E-state index contributed by atoms with van der Waals surface area (Å²) in [6.45, 7) is 0. The largest absolute Gasteiger partial charge is 0.497 e. The third kappa shape index (κ3) is 4.90. The van der Waals surface area contributed by atoms with E-state index in [1.807, 2.05) is 6.07 Å². The van der Waals surface area contributed by atoms with Gasteiger partial charge in [-0.1, -0.05) is 61.4 Å². The molecule has 3 aromatic carbocycles. The number of nitrogens with one attached hydrogen (secondary N) is 1. The summed E-state index contributed by atoms with van der Waals surface area (Å²) >= 11 is 0. The van der Waals surface area contributed by atoms with E-state index < -0.39 is 23.4 Å². The highest BCUT2D eigenvalue weighted by Gasteiger charge is 2.45. The first-order valence-corrected chi connectivity index (χ1v) is 11.0. The fraction of sp³-hybridized carbons (Fsp3) is 0.259. The van der Waals surface area contributed by atoms with Gasteiger partial charge in [0, 0.05) is 17.3 Å². The molecule has 0 bridgehead atoms. The van der Waals surface area contributed by atoms with E-state index in [4.69, 9.17) is 9.47 Å². The van der Waals surface area contributed by atoms with Crippen LogP contribution in [0.3, 0.4) is 0 Å². The molecule has 0 radical (unpaired) electrons. The highest BCUT2D eigenvalue weighted by atomic mass is 19.1. The summed E-state index contributed by atoms with van der Waals surface area (Å²) in [5.41, 5.74) is 0.923. The van der Waals surface area contributed by atoms with Crippen molar-refractivity contribution in [3.05, 3.63) is 95.8 Å². The third-order valence-corrected chi connectivity index (χ3v) is 6.15. The van der Waals surface area contributed by atoms with Crippen LogP contribution >= 0.6 is 0 Å². The molecule has 4 rings (SSSR count). The minimum atomic E-state index is -1.14. The molecule has 1 N–H and O–H groups in total. The van der Waals surface area contributed by atoms with E-state index in [2.05, 4.69) is 5.32 Å². The maximum Gasteiger partial charge on any atom is 0.317 e. The summed E-state index contributed by atoms with van der Waals surface area (Å²) < 4.78 is 24.7. The molecule has 33 heavy (non-hydrogen) atoms. The number of ether oxygens (including phenoxy) is 2. The minimum Gasteiger partial charge on any atom is -0.497 e. The molecule has 1 fully saturated rings. The van der Waals surface area contributed by atoms with Crippen LogP contribution in [0, 0.1) is 5.82 Å². The van der Waals surface area contributed by atoms with E-state index in [-0.39, 0.29) is 5.82 Å². The van der Waals surface area contributed by atoms with Gasteiger partial charge in [-0.25, -0.2) is 4.39 Å². The van der Waals surface area contributed by atoms with Crippen LogP contribution in [0.25, 0.3) is 0 Å². The average Bonchev–Trinajstić information content (AvgIpc) is 3.35. The van der Waals surface area contributed by atoms with E-state index in [0.717, 1.165) is 12.8 Å². The molecule has 1 atom stereocenters. The summed E-state index contributed by atoms with van der Waals surface area (Å²) in [6.07, 6.45) is 1.77. The van der Waals surface area contributed by atoms with E-state index in [1.165, 1.54) is 12.1 Å². The van der Waals surface area contributed by atoms with Gasteiger partial charge in [-0.15, -0.1) is 0 Å². The van der Waals surface area contributed by atoms with E-state index in [1.54, 1.807) is 67.8 Å². The van der Waals surface area contributed by atoms with E-state index >= 15 is 0 Å². The van der Waals surface area contributed by atoms with Crippen LogP contribution in [0.1, 0.15) is 42.9 Å². The highest BCUT2D eigenvalue weighted by molar-refractivity contribution is 5.97. The zero-order valence-corrected chi connectivity index (χ0v) is 18.4. The number of amides is 1. The van der Waals surface area contributed by atoms with Crippen LogP contribution in [0.5, 0.6) is 5.75 Å². The minimum absolute atomic E-state index is 0.361. The first kappa shape index (κ1) is 22.5. The zero-order chi connectivity index (χ0) is 23.3. The Hall–Kier alpha value is -3.67. The molecular formula is C27H26FNO4. The maximum atomic E-state index is 13.6. The number of esters is 1. The van der Waals surface area contributed by atoms with Crippen molar-refractivity contribution in [1.82, 2.24) is 0 Å². The lowest BCUT2D eigenvalue weighted by Crippen LogP contribution is -2.38. The van der Waals surface area contributed by atoms with Gasteiger partial charge in [0.1, 0.15) is 11.6 Å². The van der Waals surface area contributed by atoms with Crippen molar-refractivity contribution in [2.45, 2.75) is 37.2 Å².